The average Bonchev–Trinajstić information content (AvgIpc) is 2.41. The van der Waals surface area contributed by atoms with E-state index in [-0.39, 0.29) is 5.97 Å². The molecule has 0 spiro atoms. The van der Waals surface area contributed by atoms with Crippen LogP contribution in [-0.2, 0) is 16.6 Å². The molecule has 88 valence electrons. The number of rotatable bonds is 2. The van der Waals surface area contributed by atoms with E-state index in [0.717, 1.165) is 11.3 Å². The van der Waals surface area contributed by atoms with E-state index in [2.05, 4.69) is 5.10 Å². The lowest BCUT2D eigenvalue weighted by Crippen LogP contribution is -2.22. The van der Waals surface area contributed by atoms with E-state index in [0.29, 0.717) is 0 Å². The summed E-state index contributed by atoms with van der Waals surface area (Å²) in [4.78, 5) is 11.4. The van der Waals surface area contributed by atoms with Crippen molar-refractivity contribution < 1.29 is 9.53 Å². The summed E-state index contributed by atoms with van der Waals surface area (Å²) in [5, 5.41) is 4.08. The van der Waals surface area contributed by atoms with Gasteiger partial charge in [-0.25, -0.2) is 4.79 Å². The average molecular weight is 222 g/mol. The molecular weight excluding hydrogens is 204 g/mol. The molecule has 0 radical (unpaired) electrons. The van der Waals surface area contributed by atoms with E-state index in [1.807, 2.05) is 34.7 Å². The van der Waals surface area contributed by atoms with Gasteiger partial charge in [0.15, 0.2) is 0 Å². The molecule has 0 amide bonds. The molecule has 0 N–H and O–H groups in total. The monoisotopic (exact) mass is 222 g/mol. The molecule has 0 aromatic carbocycles. The van der Waals surface area contributed by atoms with Crippen molar-refractivity contribution >= 4 is 12.0 Å². The second kappa shape index (κ2) is 4.51. The highest BCUT2D eigenvalue weighted by Crippen LogP contribution is 2.10. The summed E-state index contributed by atoms with van der Waals surface area (Å²) in [5.41, 5.74) is 1.48. The van der Waals surface area contributed by atoms with E-state index < -0.39 is 5.60 Å². The minimum Gasteiger partial charge on any atom is -0.457 e. The molecular formula is C12H18N2O2. The summed E-state index contributed by atoms with van der Waals surface area (Å²) in [5.74, 6) is -0.340. The van der Waals surface area contributed by atoms with Crippen LogP contribution in [0.1, 0.15) is 32.0 Å². The quantitative estimate of drug-likeness (QED) is 0.568. The third-order valence-electron chi connectivity index (χ3n) is 1.96. The Labute approximate surface area is 95.9 Å². The van der Waals surface area contributed by atoms with Crippen molar-refractivity contribution in [2.45, 2.75) is 33.3 Å². The first-order valence-corrected chi connectivity index (χ1v) is 5.19. The Kier molecular flexibility index (Phi) is 3.52. The van der Waals surface area contributed by atoms with E-state index in [9.17, 15) is 4.79 Å². The summed E-state index contributed by atoms with van der Waals surface area (Å²) in [6, 6.07) is 0. The Hall–Kier alpha value is -1.58. The number of nitrogens with zero attached hydrogens (tertiary/aromatic N) is 2. The number of hydrogen-bond donors (Lipinski definition) is 0. The van der Waals surface area contributed by atoms with Gasteiger partial charge in [0.1, 0.15) is 5.60 Å². The van der Waals surface area contributed by atoms with Gasteiger partial charge in [0.25, 0.3) is 0 Å². The van der Waals surface area contributed by atoms with Gasteiger partial charge in [0.2, 0.25) is 0 Å². The summed E-state index contributed by atoms with van der Waals surface area (Å²) in [6.07, 6.45) is 4.90. The van der Waals surface area contributed by atoms with Crippen molar-refractivity contribution in [2.75, 3.05) is 0 Å². The van der Waals surface area contributed by atoms with Crippen LogP contribution in [0, 0.1) is 6.92 Å². The van der Waals surface area contributed by atoms with Gasteiger partial charge in [-0.2, -0.15) is 5.10 Å². The van der Waals surface area contributed by atoms with Crippen LogP contribution in [0.3, 0.4) is 0 Å². The summed E-state index contributed by atoms with van der Waals surface area (Å²) < 4.78 is 6.88. The number of carbonyl (C=O) groups excluding carboxylic acids is 1. The van der Waals surface area contributed by atoms with Gasteiger partial charge in [0.05, 0.1) is 11.9 Å². The smallest absolute Gasteiger partial charge is 0.331 e. The first-order valence-electron chi connectivity index (χ1n) is 5.19. The van der Waals surface area contributed by atoms with E-state index in [1.54, 1.807) is 17.0 Å². The van der Waals surface area contributed by atoms with Gasteiger partial charge in [0, 0.05) is 13.1 Å². The van der Waals surface area contributed by atoms with Crippen LogP contribution in [0.25, 0.3) is 6.08 Å². The van der Waals surface area contributed by atoms with E-state index in [1.165, 1.54) is 6.08 Å². The molecule has 0 unspecified atom stereocenters. The number of ether oxygens (including phenoxy) is 1. The van der Waals surface area contributed by atoms with Crippen molar-refractivity contribution in [3.8, 4) is 0 Å². The minimum absolute atomic E-state index is 0.340. The van der Waals surface area contributed by atoms with Gasteiger partial charge in [-0.15, -0.1) is 0 Å². The Morgan fingerprint density at radius 3 is 2.56 bits per heavy atom. The number of esters is 1. The summed E-state index contributed by atoms with van der Waals surface area (Å²) >= 11 is 0. The molecule has 1 heterocycles. The Morgan fingerprint density at radius 2 is 2.12 bits per heavy atom. The van der Waals surface area contributed by atoms with Gasteiger partial charge in [-0.3, -0.25) is 4.68 Å². The Bertz CT molecular complexity index is 392. The molecule has 0 aliphatic rings. The highest BCUT2D eigenvalue weighted by molar-refractivity contribution is 5.87. The van der Waals surface area contributed by atoms with Crippen molar-refractivity contribution in [2.24, 2.45) is 7.05 Å². The topological polar surface area (TPSA) is 44.1 Å². The number of aryl methyl sites for hydroxylation is 2. The fourth-order valence-electron chi connectivity index (χ4n) is 1.28. The van der Waals surface area contributed by atoms with Gasteiger partial charge in [-0.05, 0) is 39.3 Å². The summed E-state index contributed by atoms with van der Waals surface area (Å²) in [6.45, 7) is 7.47. The largest absolute Gasteiger partial charge is 0.457 e. The molecule has 0 bridgehead atoms. The maximum absolute atomic E-state index is 11.4. The SMILES string of the molecule is Cc1cnn(C)c1/C=C/C(=O)OC(C)(C)C. The third kappa shape index (κ3) is 3.53. The van der Waals surface area contributed by atoms with E-state index in [4.69, 9.17) is 4.74 Å². The molecule has 0 saturated heterocycles. The second-order valence-electron chi connectivity index (χ2n) is 4.70. The normalized spacial score (nSPS) is 12.1. The number of carbonyl (C=O) groups is 1. The fraction of sp³-hybridized carbons (Fsp3) is 0.500. The Morgan fingerprint density at radius 1 is 1.50 bits per heavy atom. The molecule has 1 aromatic heterocycles. The lowest BCUT2D eigenvalue weighted by molar-refractivity contribution is -0.148. The first-order chi connectivity index (χ1) is 7.29. The van der Waals surface area contributed by atoms with E-state index >= 15 is 0 Å². The minimum atomic E-state index is -0.455. The molecule has 0 aliphatic carbocycles. The zero-order valence-corrected chi connectivity index (χ0v) is 10.4. The van der Waals surface area contributed by atoms with Crippen LogP contribution in [0.2, 0.25) is 0 Å². The highest BCUT2D eigenvalue weighted by atomic mass is 16.6. The first kappa shape index (κ1) is 12.5. The molecule has 0 atom stereocenters. The van der Waals surface area contributed by atoms with Crippen LogP contribution in [0.5, 0.6) is 0 Å². The predicted octanol–water partition coefficient (Wildman–Crippen LogP) is 2.08. The second-order valence-corrected chi connectivity index (χ2v) is 4.70. The molecule has 0 fully saturated rings. The summed E-state index contributed by atoms with van der Waals surface area (Å²) in [7, 11) is 1.84. The van der Waals surface area contributed by atoms with Crippen LogP contribution >= 0.6 is 0 Å². The maximum Gasteiger partial charge on any atom is 0.331 e. The van der Waals surface area contributed by atoms with Crippen LogP contribution in [0.4, 0.5) is 0 Å². The van der Waals surface area contributed by atoms with Gasteiger partial charge in [-0.1, -0.05) is 0 Å². The Balaban J connectivity index is 2.71. The van der Waals surface area contributed by atoms with Crippen molar-refractivity contribution in [1.29, 1.82) is 0 Å². The zero-order valence-electron chi connectivity index (χ0n) is 10.4. The lowest BCUT2D eigenvalue weighted by Gasteiger charge is -2.17. The zero-order chi connectivity index (χ0) is 12.3. The molecule has 4 nitrogen and oxygen atoms in total. The maximum atomic E-state index is 11.4. The van der Waals surface area contributed by atoms with Crippen LogP contribution in [-0.4, -0.2) is 21.4 Å². The molecule has 1 aromatic rings. The lowest BCUT2D eigenvalue weighted by atomic mass is 10.2. The fourth-order valence-corrected chi connectivity index (χ4v) is 1.28. The van der Waals surface area contributed by atoms with Crippen molar-refractivity contribution in [3.05, 3.63) is 23.5 Å². The van der Waals surface area contributed by atoms with Crippen molar-refractivity contribution in [1.82, 2.24) is 9.78 Å². The molecule has 0 saturated carbocycles. The van der Waals surface area contributed by atoms with Gasteiger partial charge < -0.3 is 4.74 Å². The number of aromatic nitrogens is 2. The third-order valence-corrected chi connectivity index (χ3v) is 1.96. The van der Waals surface area contributed by atoms with Crippen LogP contribution < -0.4 is 0 Å². The molecule has 4 heteroatoms. The molecule has 0 aliphatic heterocycles. The predicted molar refractivity (Wildman–Crippen MR) is 62.8 cm³/mol. The number of hydrogen-bond acceptors (Lipinski definition) is 3. The molecule has 16 heavy (non-hydrogen) atoms. The van der Waals surface area contributed by atoms with Crippen molar-refractivity contribution in [3.63, 3.8) is 0 Å². The van der Waals surface area contributed by atoms with Crippen LogP contribution in [0.15, 0.2) is 12.3 Å². The molecule has 1 rings (SSSR count). The standard InChI is InChI=1S/C12H18N2O2/c1-9-8-13-14(5)10(9)6-7-11(15)16-12(2,3)4/h6-8H,1-5H3/b7-6+. The highest BCUT2D eigenvalue weighted by Gasteiger charge is 2.14. The van der Waals surface area contributed by atoms with Gasteiger partial charge >= 0.3 is 5.97 Å².